The summed E-state index contributed by atoms with van der Waals surface area (Å²) in [5.74, 6) is -0.0797. The minimum Gasteiger partial charge on any atom is -0.387 e. The lowest BCUT2D eigenvalue weighted by Gasteiger charge is -2.33. The molecule has 0 amide bonds. The highest BCUT2D eigenvalue weighted by Crippen LogP contribution is 2.21. The first kappa shape index (κ1) is 18.9. The molecule has 5 rings (SSSR count). The van der Waals surface area contributed by atoms with Crippen molar-refractivity contribution in [3.05, 3.63) is 74.6 Å². The quantitative estimate of drug-likeness (QED) is 0.478. The van der Waals surface area contributed by atoms with E-state index in [-0.39, 0.29) is 5.56 Å². The Morgan fingerprint density at radius 1 is 1.03 bits per heavy atom. The topological polar surface area (TPSA) is 88.9 Å². The molecule has 0 unspecified atom stereocenters. The van der Waals surface area contributed by atoms with Gasteiger partial charge in [0, 0.05) is 45.0 Å². The highest BCUT2D eigenvalue weighted by atomic mass is 32.1. The summed E-state index contributed by atoms with van der Waals surface area (Å²) in [4.78, 5) is 34.3. The first-order chi connectivity index (χ1) is 14.7. The summed E-state index contributed by atoms with van der Waals surface area (Å²) in [6.07, 6.45) is 1.73. The van der Waals surface area contributed by atoms with Crippen molar-refractivity contribution in [3.63, 3.8) is 0 Å². The predicted molar refractivity (Wildman–Crippen MR) is 112 cm³/mol. The monoisotopic (exact) mass is 424 g/mol. The van der Waals surface area contributed by atoms with Crippen molar-refractivity contribution in [2.75, 3.05) is 26.2 Å². The second kappa shape index (κ2) is 7.98. The van der Waals surface area contributed by atoms with Gasteiger partial charge in [0.2, 0.25) is 0 Å². The van der Waals surface area contributed by atoms with Crippen LogP contribution in [-0.4, -0.2) is 55.1 Å². The van der Waals surface area contributed by atoms with E-state index in [2.05, 4.69) is 19.9 Å². The minimum absolute atomic E-state index is 0.0683. The van der Waals surface area contributed by atoms with E-state index in [0.717, 1.165) is 36.8 Å². The Morgan fingerprint density at radius 2 is 1.87 bits per heavy atom. The first-order valence-corrected chi connectivity index (χ1v) is 10.6. The number of thiophene rings is 1. The maximum atomic E-state index is 12.3. The minimum atomic E-state index is -0.443. The fraction of sp³-hybridized carbons (Fsp3) is 0.300. The molecule has 0 N–H and O–H groups in total. The number of hydrogen-bond donors (Lipinski definition) is 0. The SMILES string of the molecule is O=c1oc(-c2cccs2)nn1CN1CCN(Cc2cc(=O)n3ccccc3n2)CC1. The zero-order valence-corrected chi connectivity index (χ0v) is 17.0. The molecule has 1 saturated heterocycles. The van der Waals surface area contributed by atoms with E-state index in [4.69, 9.17) is 4.42 Å². The summed E-state index contributed by atoms with van der Waals surface area (Å²) in [6, 6.07) is 10.9. The van der Waals surface area contributed by atoms with Gasteiger partial charge in [-0.2, -0.15) is 4.68 Å². The second-order valence-electron chi connectivity index (χ2n) is 7.20. The maximum absolute atomic E-state index is 12.3. The number of piperazine rings is 1. The molecule has 0 saturated carbocycles. The van der Waals surface area contributed by atoms with Crippen LogP contribution >= 0.6 is 11.3 Å². The Hall–Kier alpha value is -3.08. The van der Waals surface area contributed by atoms with Crippen LogP contribution in [0.3, 0.4) is 0 Å². The molecule has 0 aliphatic carbocycles. The number of rotatable bonds is 5. The van der Waals surface area contributed by atoms with Crippen LogP contribution in [0.25, 0.3) is 16.4 Å². The number of nitrogens with zero attached hydrogens (tertiary/aromatic N) is 6. The summed E-state index contributed by atoms with van der Waals surface area (Å²) in [5, 5.41) is 6.24. The zero-order valence-electron chi connectivity index (χ0n) is 16.2. The molecule has 0 aromatic carbocycles. The molecule has 0 spiro atoms. The van der Waals surface area contributed by atoms with Gasteiger partial charge in [0.25, 0.3) is 11.4 Å². The van der Waals surface area contributed by atoms with Crippen LogP contribution in [-0.2, 0) is 13.2 Å². The number of aromatic nitrogens is 4. The molecule has 0 atom stereocenters. The lowest BCUT2D eigenvalue weighted by atomic mass is 10.3. The van der Waals surface area contributed by atoms with Crippen LogP contribution in [0, 0.1) is 0 Å². The number of fused-ring (bicyclic) bond motifs is 1. The molecular formula is C20H20N6O3S. The molecule has 4 aromatic heterocycles. The summed E-state index contributed by atoms with van der Waals surface area (Å²) in [6.45, 7) is 4.25. The molecule has 9 nitrogen and oxygen atoms in total. The number of pyridine rings is 1. The Labute approximate surface area is 175 Å². The molecule has 1 aliphatic rings. The Bertz CT molecular complexity index is 1270. The highest BCUT2D eigenvalue weighted by molar-refractivity contribution is 7.13. The molecule has 154 valence electrons. The van der Waals surface area contributed by atoms with Gasteiger partial charge in [-0.15, -0.1) is 16.4 Å². The van der Waals surface area contributed by atoms with Crippen molar-refractivity contribution in [1.82, 2.24) is 29.0 Å². The average Bonchev–Trinajstić information content (AvgIpc) is 3.40. The average molecular weight is 424 g/mol. The fourth-order valence-electron chi connectivity index (χ4n) is 3.59. The molecule has 1 fully saturated rings. The van der Waals surface area contributed by atoms with Crippen molar-refractivity contribution in [3.8, 4) is 10.8 Å². The summed E-state index contributed by atoms with van der Waals surface area (Å²) in [5.41, 5.74) is 1.36. The van der Waals surface area contributed by atoms with E-state index >= 15 is 0 Å². The van der Waals surface area contributed by atoms with Gasteiger partial charge in [0.15, 0.2) is 0 Å². The van der Waals surface area contributed by atoms with Gasteiger partial charge < -0.3 is 4.42 Å². The number of hydrogen-bond acceptors (Lipinski definition) is 8. The lowest BCUT2D eigenvalue weighted by Crippen LogP contribution is -2.47. The molecule has 1 aliphatic heterocycles. The summed E-state index contributed by atoms with van der Waals surface area (Å²) in [7, 11) is 0. The van der Waals surface area contributed by atoms with Gasteiger partial charge >= 0.3 is 5.76 Å². The first-order valence-electron chi connectivity index (χ1n) is 9.69. The fourth-order valence-corrected chi connectivity index (χ4v) is 4.23. The van der Waals surface area contributed by atoms with E-state index < -0.39 is 5.76 Å². The zero-order chi connectivity index (χ0) is 20.5. The maximum Gasteiger partial charge on any atom is 0.438 e. The van der Waals surface area contributed by atoms with E-state index in [1.54, 1.807) is 16.7 Å². The van der Waals surface area contributed by atoms with Gasteiger partial charge in [0.05, 0.1) is 10.6 Å². The van der Waals surface area contributed by atoms with Gasteiger partial charge in [-0.1, -0.05) is 12.1 Å². The van der Waals surface area contributed by atoms with Crippen LogP contribution in [0.1, 0.15) is 5.69 Å². The third kappa shape index (κ3) is 3.84. The van der Waals surface area contributed by atoms with Crippen LogP contribution in [0.5, 0.6) is 0 Å². The van der Waals surface area contributed by atoms with Crippen LogP contribution in [0.15, 0.2) is 62.0 Å². The van der Waals surface area contributed by atoms with Gasteiger partial charge in [0.1, 0.15) is 12.3 Å². The molecular weight excluding hydrogens is 404 g/mol. The van der Waals surface area contributed by atoms with Gasteiger partial charge in [-0.3, -0.25) is 19.0 Å². The van der Waals surface area contributed by atoms with E-state index in [1.807, 2.05) is 35.7 Å². The molecule has 10 heteroatoms. The Morgan fingerprint density at radius 3 is 2.67 bits per heavy atom. The third-order valence-corrected chi connectivity index (χ3v) is 6.00. The Balaban J connectivity index is 1.21. The summed E-state index contributed by atoms with van der Waals surface area (Å²) < 4.78 is 8.19. The highest BCUT2D eigenvalue weighted by Gasteiger charge is 2.20. The molecule has 4 aromatic rings. The Kier molecular flexibility index (Phi) is 5.03. The van der Waals surface area contributed by atoms with Crippen molar-refractivity contribution in [2.24, 2.45) is 0 Å². The second-order valence-corrected chi connectivity index (χ2v) is 8.15. The lowest BCUT2D eigenvalue weighted by molar-refractivity contribution is 0.0956. The van der Waals surface area contributed by atoms with Gasteiger partial charge in [-0.05, 0) is 23.6 Å². The molecule has 0 bridgehead atoms. The largest absolute Gasteiger partial charge is 0.438 e. The molecule has 5 heterocycles. The smallest absolute Gasteiger partial charge is 0.387 e. The van der Waals surface area contributed by atoms with E-state index in [9.17, 15) is 9.59 Å². The summed E-state index contributed by atoms with van der Waals surface area (Å²) >= 11 is 1.49. The molecule has 0 radical (unpaired) electrons. The van der Waals surface area contributed by atoms with Crippen molar-refractivity contribution < 1.29 is 4.42 Å². The van der Waals surface area contributed by atoms with E-state index in [0.29, 0.717) is 24.8 Å². The van der Waals surface area contributed by atoms with Gasteiger partial charge in [-0.25, -0.2) is 9.78 Å². The predicted octanol–water partition coefficient (Wildman–Crippen LogP) is 1.35. The van der Waals surface area contributed by atoms with Crippen LogP contribution < -0.4 is 11.3 Å². The van der Waals surface area contributed by atoms with Crippen LogP contribution in [0.4, 0.5) is 0 Å². The third-order valence-electron chi connectivity index (χ3n) is 5.15. The van der Waals surface area contributed by atoms with Crippen molar-refractivity contribution in [2.45, 2.75) is 13.2 Å². The normalized spacial score (nSPS) is 15.7. The van der Waals surface area contributed by atoms with Crippen molar-refractivity contribution >= 4 is 17.0 Å². The standard InChI is InChI=1S/C20H20N6O3S/c27-18-12-15(21-17-5-1-2-6-25(17)18)13-23-7-9-24(10-8-23)14-26-20(28)29-19(22-26)16-4-3-11-30-16/h1-6,11-12H,7-10,13-14H2. The van der Waals surface area contributed by atoms with Crippen LogP contribution in [0.2, 0.25) is 0 Å². The molecule has 30 heavy (non-hydrogen) atoms. The van der Waals surface area contributed by atoms with Crippen molar-refractivity contribution in [1.29, 1.82) is 0 Å². The van der Waals surface area contributed by atoms with E-state index in [1.165, 1.54) is 16.0 Å².